The quantitative estimate of drug-likeness (QED) is 0.725. The molecule has 0 spiro atoms. The number of hydrogen-bond donors (Lipinski definition) is 1. The van der Waals surface area contributed by atoms with Gasteiger partial charge in [0.2, 0.25) is 0 Å². The third-order valence-corrected chi connectivity index (χ3v) is 5.91. The van der Waals surface area contributed by atoms with Gasteiger partial charge in [-0.05, 0) is 61.0 Å². The van der Waals surface area contributed by atoms with Gasteiger partial charge in [0.15, 0.2) is 0 Å². The molecular weight excluding hydrogens is 344 g/mol. The molecule has 134 valence electrons. The first-order valence-corrected chi connectivity index (χ1v) is 9.80. The van der Waals surface area contributed by atoms with E-state index in [1.165, 1.54) is 10.4 Å². The predicted molar refractivity (Wildman–Crippen MR) is 105 cm³/mol. The Bertz CT molecular complexity index is 929. The number of aromatic nitrogens is 2. The summed E-state index contributed by atoms with van der Waals surface area (Å²) in [4.78, 5) is 16.3. The van der Waals surface area contributed by atoms with E-state index >= 15 is 0 Å². The van der Waals surface area contributed by atoms with Crippen LogP contribution in [0.15, 0.2) is 48.0 Å². The normalized spacial score (nSPS) is 16.4. The van der Waals surface area contributed by atoms with Gasteiger partial charge in [0.1, 0.15) is 0 Å². The Morgan fingerprint density at radius 2 is 2.23 bits per heavy atom. The summed E-state index contributed by atoms with van der Waals surface area (Å²) in [5.41, 5.74) is 4.09. The van der Waals surface area contributed by atoms with E-state index in [1.807, 2.05) is 46.8 Å². The summed E-state index contributed by atoms with van der Waals surface area (Å²) in [6.45, 7) is 4.91. The van der Waals surface area contributed by atoms with Crippen LogP contribution in [0.4, 0.5) is 10.5 Å². The maximum absolute atomic E-state index is 12.9. The molecule has 1 atom stereocenters. The Balaban J connectivity index is 1.54. The minimum Gasteiger partial charge on any atom is -0.317 e. The lowest BCUT2D eigenvalue weighted by Crippen LogP contribution is -2.41. The molecule has 0 bridgehead atoms. The second-order valence-electron chi connectivity index (χ2n) is 6.53. The van der Waals surface area contributed by atoms with Crippen LogP contribution in [0.1, 0.15) is 35.5 Å². The Labute approximate surface area is 157 Å². The highest BCUT2D eigenvalue weighted by Crippen LogP contribution is 2.35. The molecule has 4 rings (SSSR count). The van der Waals surface area contributed by atoms with Crippen LogP contribution in [0.2, 0.25) is 0 Å². The van der Waals surface area contributed by atoms with Gasteiger partial charge in [0.05, 0.1) is 11.7 Å². The van der Waals surface area contributed by atoms with Crippen LogP contribution in [0.5, 0.6) is 0 Å². The third-order valence-electron chi connectivity index (χ3n) is 4.92. The van der Waals surface area contributed by atoms with Crippen LogP contribution < -0.4 is 5.32 Å². The zero-order valence-corrected chi connectivity index (χ0v) is 15.8. The summed E-state index contributed by atoms with van der Waals surface area (Å²) < 4.78 is 1.86. The van der Waals surface area contributed by atoms with Gasteiger partial charge in [-0.15, -0.1) is 11.3 Å². The highest BCUT2D eigenvalue weighted by Gasteiger charge is 2.30. The van der Waals surface area contributed by atoms with E-state index in [0.29, 0.717) is 0 Å². The van der Waals surface area contributed by atoms with Crippen LogP contribution in [0, 0.1) is 6.92 Å². The summed E-state index contributed by atoms with van der Waals surface area (Å²) in [7, 11) is 0. The first kappa shape index (κ1) is 16.8. The largest absolute Gasteiger partial charge is 0.322 e. The number of amides is 2. The number of carbonyl (C=O) groups excluding carboxylic acids is 1. The highest BCUT2D eigenvalue weighted by atomic mass is 32.1. The third kappa shape index (κ3) is 3.01. The Kier molecular flexibility index (Phi) is 4.51. The number of hydrogen-bond acceptors (Lipinski definition) is 3. The molecule has 26 heavy (non-hydrogen) atoms. The lowest BCUT2D eigenvalue weighted by molar-refractivity contribution is 0.181. The van der Waals surface area contributed by atoms with Crippen LogP contribution >= 0.6 is 11.3 Å². The van der Waals surface area contributed by atoms with E-state index in [4.69, 9.17) is 0 Å². The van der Waals surface area contributed by atoms with Crippen molar-refractivity contribution in [2.75, 3.05) is 11.9 Å². The molecule has 1 N–H and O–H groups in total. The van der Waals surface area contributed by atoms with E-state index in [-0.39, 0.29) is 12.1 Å². The Hall–Kier alpha value is -2.60. The molecule has 0 aliphatic carbocycles. The van der Waals surface area contributed by atoms with E-state index in [2.05, 4.69) is 28.8 Å². The summed E-state index contributed by atoms with van der Waals surface area (Å²) in [5.74, 6) is 0. The lowest BCUT2D eigenvalue weighted by Gasteiger charge is -2.35. The first-order valence-electron chi connectivity index (χ1n) is 8.92. The van der Waals surface area contributed by atoms with E-state index in [9.17, 15) is 4.79 Å². The monoisotopic (exact) mass is 366 g/mol. The maximum atomic E-state index is 12.9. The first-order chi connectivity index (χ1) is 12.7. The number of fused-ring (bicyclic) bond motifs is 1. The van der Waals surface area contributed by atoms with Crippen molar-refractivity contribution in [3.05, 3.63) is 64.1 Å². The van der Waals surface area contributed by atoms with E-state index in [0.717, 1.165) is 36.5 Å². The van der Waals surface area contributed by atoms with E-state index in [1.54, 1.807) is 17.5 Å². The molecule has 1 aliphatic rings. The van der Waals surface area contributed by atoms with Crippen molar-refractivity contribution in [2.24, 2.45) is 0 Å². The molecule has 3 aromatic rings. The van der Waals surface area contributed by atoms with Crippen molar-refractivity contribution in [3.63, 3.8) is 0 Å². The van der Waals surface area contributed by atoms with Gasteiger partial charge in [-0.1, -0.05) is 13.0 Å². The van der Waals surface area contributed by atoms with E-state index < -0.39 is 0 Å². The molecule has 6 heteroatoms. The van der Waals surface area contributed by atoms with Crippen molar-refractivity contribution >= 4 is 23.1 Å². The molecule has 0 saturated heterocycles. The number of urea groups is 1. The minimum atomic E-state index is -0.0389. The van der Waals surface area contributed by atoms with Crippen molar-refractivity contribution in [2.45, 2.75) is 32.7 Å². The van der Waals surface area contributed by atoms with Crippen molar-refractivity contribution in [3.8, 4) is 5.69 Å². The number of benzene rings is 1. The SMILES string of the molecule is CCC1c2ccsc2CCN1C(=O)Nc1cccc(-n2nccc2C)c1. The number of thiophene rings is 1. The second-order valence-corrected chi connectivity index (χ2v) is 7.53. The van der Waals surface area contributed by atoms with Crippen LogP contribution in [0.25, 0.3) is 5.69 Å². The smallest absolute Gasteiger partial charge is 0.317 e. The van der Waals surface area contributed by atoms with Crippen molar-refractivity contribution in [1.29, 1.82) is 0 Å². The molecular formula is C20H22N4OS. The number of aryl methyl sites for hydroxylation is 1. The fraction of sp³-hybridized carbons (Fsp3) is 0.300. The fourth-order valence-electron chi connectivity index (χ4n) is 3.63. The molecule has 1 aliphatic heterocycles. The van der Waals surface area contributed by atoms with Gasteiger partial charge in [-0.3, -0.25) is 0 Å². The predicted octanol–water partition coefficient (Wildman–Crippen LogP) is 4.78. The molecule has 1 aromatic carbocycles. The average Bonchev–Trinajstić information content (AvgIpc) is 3.29. The Morgan fingerprint density at radius 3 is 3.00 bits per heavy atom. The number of nitrogens with one attached hydrogen (secondary N) is 1. The zero-order chi connectivity index (χ0) is 18.1. The van der Waals surface area contributed by atoms with Crippen molar-refractivity contribution < 1.29 is 4.79 Å². The lowest BCUT2D eigenvalue weighted by atomic mass is 9.98. The van der Waals surface area contributed by atoms with Crippen molar-refractivity contribution in [1.82, 2.24) is 14.7 Å². The summed E-state index contributed by atoms with van der Waals surface area (Å²) in [5, 5.41) is 9.53. The molecule has 0 fully saturated rings. The molecule has 0 radical (unpaired) electrons. The topological polar surface area (TPSA) is 50.2 Å². The van der Waals surface area contributed by atoms with Gasteiger partial charge in [-0.2, -0.15) is 5.10 Å². The average molecular weight is 366 g/mol. The number of carbonyl (C=O) groups is 1. The minimum absolute atomic E-state index is 0.0389. The summed E-state index contributed by atoms with van der Waals surface area (Å²) >= 11 is 1.80. The molecule has 3 heterocycles. The number of rotatable bonds is 3. The Morgan fingerprint density at radius 1 is 1.35 bits per heavy atom. The standard InChI is InChI=1S/C20H22N4OS/c1-3-18-17-9-12-26-19(17)8-11-23(18)20(25)22-15-5-4-6-16(13-15)24-14(2)7-10-21-24/h4-7,9-10,12-13,18H,3,8,11H2,1-2H3,(H,22,25). The zero-order valence-electron chi connectivity index (χ0n) is 15.0. The fourth-order valence-corrected chi connectivity index (χ4v) is 4.56. The summed E-state index contributed by atoms with van der Waals surface area (Å²) in [6, 6.07) is 12.0. The molecule has 1 unspecified atom stereocenters. The second kappa shape index (κ2) is 6.96. The molecule has 0 saturated carbocycles. The molecule has 2 amide bonds. The van der Waals surface area contributed by atoms with Gasteiger partial charge < -0.3 is 10.2 Å². The van der Waals surface area contributed by atoms with Crippen LogP contribution in [-0.2, 0) is 6.42 Å². The molecule has 5 nitrogen and oxygen atoms in total. The molecule has 2 aromatic heterocycles. The van der Waals surface area contributed by atoms with Gasteiger partial charge >= 0.3 is 6.03 Å². The van der Waals surface area contributed by atoms with Crippen LogP contribution in [-0.4, -0.2) is 27.3 Å². The van der Waals surface area contributed by atoms with Gasteiger partial charge in [0, 0.05) is 29.0 Å². The van der Waals surface area contributed by atoms with Gasteiger partial charge in [0.25, 0.3) is 0 Å². The highest BCUT2D eigenvalue weighted by molar-refractivity contribution is 7.10. The summed E-state index contributed by atoms with van der Waals surface area (Å²) in [6.07, 6.45) is 3.63. The maximum Gasteiger partial charge on any atom is 0.322 e. The van der Waals surface area contributed by atoms with Gasteiger partial charge in [-0.25, -0.2) is 9.48 Å². The van der Waals surface area contributed by atoms with Crippen LogP contribution in [0.3, 0.4) is 0 Å². The number of nitrogens with zero attached hydrogens (tertiary/aromatic N) is 3. The number of anilines is 1.